The summed E-state index contributed by atoms with van der Waals surface area (Å²) in [5.74, 6) is 0.528. The normalized spacial score (nSPS) is 14.9. The van der Waals surface area contributed by atoms with E-state index in [1.54, 1.807) is 6.92 Å². The second-order valence-electron chi connectivity index (χ2n) is 4.08. The Kier molecular flexibility index (Phi) is 4.41. The summed E-state index contributed by atoms with van der Waals surface area (Å²) in [4.78, 5) is 17.3. The fourth-order valence-electron chi connectivity index (χ4n) is 1.80. The van der Waals surface area contributed by atoms with Crippen LogP contribution in [0.1, 0.15) is 6.92 Å². The molecule has 1 aliphatic heterocycles. The van der Waals surface area contributed by atoms with Gasteiger partial charge in [0.25, 0.3) is 5.62 Å². The summed E-state index contributed by atoms with van der Waals surface area (Å²) in [5, 5.41) is 19.7. The van der Waals surface area contributed by atoms with Gasteiger partial charge in [0.15, 0.2) is 5.82 Å². The molecule has 9 nitrogen and oxygen atoms in total. The molecule has 20 heavy (non-hydrogen) atoms. The number of morpholine rings is 1. The zero-order valence-electron chi connectivity index (χ0n) is 11.1. The average molecular weight is 283 g/mol. The first-order valence-electron chi connectivity index (χ1n) is 6.26. The Morgan fingerprint density at radius 2 is 2.30 bits per heavy atom. The molecule has 0 atom stereocenters. The van der Waals surface area contributed by atoms with Crippen LogP contribution in [0.5, 0.6) is 0 Å². The Morgan fingerprint density at radius 1 is 1.60 bits per heavy atom. The highest BCUT2D eigenvalue weighted by Gasteiger charge is 2.16. The summed E-state index contributed by atoms with van der Waals surface area (Å²) in [7, 11) is 0. The van der Waals surface area contributed by atoms with Crippen molar-refractivity contribution in [2.45, 2.75) is 6.92 Å². The zero-order chi connectivity index (χ0) is 14.5. The zero-order valence-corrected chi connectivity index (χ0v) is 11.1. The van der Waals surface area contributed by atoms with Gasteiger partial charge < -0.3 is 19.6 Å². The van der Waals surface area contributed by atoms with E-state index in [4.69, 9.17) is 14.9 Å². The highest BCUT2D eigenvalue weighted by Crippen LogP contribution is 2.15. The number of hydrogen-bond acceptors (Lipinski definition) is 7. The number of ether oxygens (including phenoxy) is 2. The van der Waals surface area contributed by atoms with Gasteiger partial charge in [-0.2, -0.15) is 4.98 Å². The van der Waals surface area contributed by atoms with Gasteiger partial charge in [0.2, 0.25) is 0 Å². The molecule has 0 aliphatic carbocycles. The molecule has 0 radical (unpaired) electrons. The van der Waals surface area contributed by atoms with Gasteiger partial charge >= 0.3 is 6.09 Å². The van der Waals surface area contributed by atoms with Crippen molar-refractivity contribution in [3.63, 3.8) is 0 Å². The van der Waals surface area contributed by atoms with Crippen LogP contribution in [0.2, 0.25) is 0 Å². The van der Waals surface area contributed by atoms with Crippen LogP contribution in [0.4, 0.5) is 16.4 Å². The number of aromatic nitrogens is 2. The molecule has 1 aromatic rings. The van der Waals surface area contributed by atoms with Gasteiger partial charge in [-0.05, 0) is 6.92 Å². The number of carbonyl (C=O) groups excluding carboxylic acids is 1. The van der Waals surface area contributed by atoms with Crippen LogP contribution in [-0.2, 0) is 9.47 Å². The molecule has 110 valence electrons. The van der Waals surface area contributed by atoms with Crippen molar-refractivity contribution in [3.05, 3.63) is 11.7 Å². The summed E-state index contributed by atoms with van der Waals surface area (Å²) in [6.07, 6.45) is -0.700. The lowest BCUT2D eigenvalue weighted by Crippen LogP contribution is -2.38. The Hall–Kier alpha value is -2.29. The van der Waals surface area contributed by atoms with E-state index in [9.17, 15) is 10.0 Å². The largest absolute Gasteiger partial charge is 0.450 e. The van der Waals surface area contributed by atoms with Crippen LogP contribution in [0.3, 0.4) is 0 Å². The molecule has 1 fully saturated rings. The molecule has 0 spiro atoms. The third-order valence-electron chi connectivity index (χ3n) is 2.76. The minimum Gasteiger partial charge on any atom is -0.450 e. The van der Waals surface area contributed by atoms with Crippen molar-refractivity contribution in [1.29, 1.82) is 5.41 Å². The van der Waals surface area contributed by atoms with Gasteiger partial charge in [-0.3, -0.25) is 10.7 Å². The molecule has 0 saturated carbocycles. The van der Waals surface area contributed by atoms with Crippen molar-refractivity contribution >= 4 is 17.7 Å². The van der Waals surface area contributed by atoms with Crippen molar-refractivity contribution < 1.29 is 19.5 Å². The average Bonchev–Trinajstić information content (AvgIpc) is 2.45. The van der Waals surface area contributed by atoms with Crippen LogP contribution in [0.25, 0.3) is 0 Å². The maximum atomic E-state index is 11.4. The summed E-state index contributed by atoms with van der Waals surface area (Å²) < 4.78 is 10.5. The Morgan fingerprint density at radius 3 is 2.95 bits per heavy atom. The standard InChI is InChI=1S/C11H17N5O4/c1-2-20-11(17)14-9-7-8(13-10(12)16(9)18)15-3-5-19-6-4-15/h7,12,18H,2-6H2,1H3,(H,14,17). The second kappa shape index (κ2) is 6.24. The van der Waals surface area contributed by atoms with Crippen molar-refractivity contribution in [2.24, 2.45) is 0 Å². The molecule has 0 bridgehead atoms. The van der Waals surface area contributed by atoms with E-state index >= 15 is 0 Å². The predicted octanol–water partition coefficient (Wildman–Crippen LogP) is 0.00487. The minimum absolute atomic E-state index is 0.0324. The number of carbonyl (C=O) groups is 1. The maximum Gasteiger partial charge on any atom is 0.412 e. The van der Waals surface area contributed by atoms with Gasteiger partial charge in [0.05, 0.1) is 19.8 Å². The second-order valence-corrected chi connectivity index (χ2v) is 4.08. The van der Waals surface area contributed by atoms with E-state index in [1.165, 1.54) is 6.07 Å². The first-order chi connectivity index (χ1) is 9.61. The Labute approximate surface area is 115 Å². The van der Waals surface area contributed by atoms with E-state index < -0.39 is 6.09 Å². The van der Waals surface area contributed by atoms with Crippen molar-refractivity contribution in [3.8, 4) is 0 Å². The smallest absolute Gasteiger partial charge is 0.412 e. The number of nitrogens with one attached hydrogen (secondary N) is 2. The lowest BCUT2D eigenvalue weighted by Gasteiger charge is -2.28. The molecular weight excluding hydrogens is 266 g/mol. The molecule has 1 saturated heterocycles. The number of amides is 1. The summed E-state index contributed by atoms with van der Waals surface area (Å²) in [6, 6.07) is 1.49. The molecule has 2 rings (SSSR count). The van der Waals surface area contributed by atoms with E-state index in [1.807, 2.05) is 4.90 Å². The molecular formula is C11H17N5O4. The fourth-order valence-corrected chi connectivity index (χ4v) is 1.80. The molecule has 3 N–H and O–H groups in total. The topological polar surface area (TPSA) is 113 Å². The van der Waals surface area contributed by atoms with Gasteiger partial charge in [-0.1, -0.05) is 0 Å². The summed E-state index contributed by atoms with van der Waals surface area (Å²) >= 11 is 0. The third kappa shape index (κ3) is 3.18. The number of nitrogens with zero attached hydrogens (tertiary/aromatic N) is 3. The summed E-state index contributed by atoms with van der Waals surface area (Å²) in [5.41, 5.74) is -0.374. The van der Waals surface area contributed by atoms with Crippen LogP contribution < -0.4 is 15.8 Å². The molecule has 1 aromatic heterocycles. The van der Waals surface area contributed by atoms with Gasteiger partial charge in [0, 0.05) is 19.2 Å². The number of hydrogen-bond donors (Lipinski definition) is 3. The molecule has 1 aliphatic rings. The first kappa shape index (κ1) is 14.1. The van der Waals surface area contributed by atoms with Crippen molar-refractivity contribution in [1.82, 2.24) is 9.71 Å². The molecule has 1 amide bonds. The van der Waals surface area contributed by atoms with E-state index in [-0.39, 0.29) is 18.0 Å². The maximum absolute atomic E-state index is 11.4. The molecule has 2 heterocycles. The lowest BCUT2D eigenvalue weighted by atomic mass is 10.4. The minimum atomic E-state index is -0.700. The number of rotatable bonds is 3. The quantitative estimate of drug-likeness (QED) is 0.673. The van der Waals surface area contributed by atoms with Crippen molar-refractivity contribution in [2.75, 3.05) is 43.1 Å². The fraction of sp³-hybridized carbons (Fsp3) is 0.545. The first-order valence-corrected chi connectivity index (χ1v) is 6.26. The van der Waals surface area contributed by atoms with Crippen LogP contribution in [0, 0.1) is 5.41 Å². The van der Waals surface area contributed by atoms with E-state index in [2.05, 4.69) is 10.3 Å². The van der Waals surface area contributed by atoms with Gasteiger partial charge in [-0.25, -0.2) is 4.79 Å². The SMILES string of the molecule is CCOC(=O)Nc1cc(N2CCOCC2)nc(=N)n1O. The highest BCUT2D eigenvalue weighted by molar-refractivity contribution is 5.83. The van der Waals surface area contributed by atoms with E-state index in [0.717, 1.165) is 0 Å². The predicted molar refractivity (Wildman–Crippen MR) is 68.9 cm³/mol. The van der Waals surface area contributed by atoms with Crippen LogP contribution in [0.15, 0.2) is 6.07 Å². The Balaban J connectivity index is 2.24. The van der Waals surface area contributed by atoms with Gasteiger partial charge in [0.1, 0.15) is 5.82 Å². The number of anilines is 2. The van der Waals surface area contributed by atoms with Crippen LogP contribution in [-0.4, -0.2) is 53.9 Å². The lowest BCUT2D eigenvalue weighted by molar-refractivity contribution is 0.122. The summed E-state index contributed by atoms with van der Waals surface area (Å²) in [6.45, 7) is 4.31. The van der Waals surface area contributed by atoms with Gasteiger partial charge in [-0.15, -0.1) is 4.73 Å². The van der Waals surface area contributed by atoms with Crippen LogP contribution >= 0.6 is 0 Å². The molecule has 0 aromatic carbocycles. The Bertz CT molecular complexity index is 538. The van der Waals surface area contributed by atoms with E-state index in [0.29, 0.717) is 36.9 Å². The molecule has 0 unspecified atom stereocenters. The monoisotopic (exact) mass is 283 g/mol. The molecule has 9 heteroatoms. The third-order valence-corrected chi connectivity index (χ3v) is 2.76. The highest BCUT2D eigenvalue weighted by atomic mass is 16.5.